The molecule has 0 amide bonds. The predicted octanol–water partition coefficient (Wildman–Crippen LogP) is 0.551. The Kier molecular flexibility index (Phi) is 7.82. The number of likely N-dealkylation sites (N-methyl/N-ethyl adjacent to an activating group) is 1. The van der Waals surface area contributed by atoms with Crippen LogP contribution in [0.5, 0.6) is 5.75 Å². The molecule has 1 aromatic rings. The van der Waals surface area contributed by atoms with E-state index in [4.69, 9.17) is 26.2 Å². The van der Waals surface area contributed by atoms with Gasteiger partial charge in [0, 0.05) is 5.02 Å². The van der Waals surface area contributed by atoms with Crippen molar-refractivity contribution in [2.45, 2.75) is 6.92 Å². The maximum Gasteiger partial charge on any atom is 0.122 e. The third-order valence-electron chi connectivity index (χ3n) is 2.83. The Morgan fingerprint density at radius 2 is 2.00 bits per heavy atom. The van der Waals surface area contributed by atoms with Crippen molar-refractivity contribution in [3.05, 3.63) is 28.8 Å². The average Bonchev–Trinajstić information content (AvgIpc) is 2.36. The van der Waals surface area contributed by atoms with E-state index in [9.17, 15) is 0 Å². The largest absolute Gasteiger partial charge is 0.491 e. The first kappa shape index (κ1) is 16.2. The first-order chi connectivity index (χ1) is 9.13. The number of hydrogen-bond acceptors (Lipinski definition) is 3. The van der Waals surface area contributed by atoms with Crippen LogP contribution in [-0.4, -0.2) is 51.7 Å². The minimum Gasteiger partial charge on any atom is -0.491 e. The van der Waals surface area contributed by atoms with Gasteiger partial charge in [-0.2, -0.15) is 0 Å². The fourth-order valence-corrected chi connectivity index (χ4v) is 1.88. The molecule has 0 aliphatic carbocycles. The molecule has 0 bridgehead atoms. The van der Waals surface area contributed by atoms with Gasteiger partial charge < -0.3 is 19.5 Å². The molecular formula is C14H23ClNO3+. The smallest absolute Gasteiger partial charge is 0.122 e. The molecule has 108 valence electrons. The van der Waals surface area contributed by atoms with E-state index >= 15 is 0 Å². The Morgan fingerprint density at radius 1 is 1.21 bits per heavy atom. The van der Waals surface area contributed by atoms with Crippen LogP contribution in [0, 0.1) is 6.92 Å². The predicted molar refractivity (Wildman–Crippen MR) is 76.2 cm³/mol. The van der Waals surface area contributed by atoms with E-state index in [0.29, 0.717) is 19.8 Å². The van der Waals surface area contributed by atoms with Crippen LogP contribution in [0.3, 0.4) is 0 Å². The number of ether oxygens (including phenoxy) is 2. The highest BCUT2D eigenvalue weighted by Crippen LogP contribution is 2.21. The molecule has 2 N–H and O–H groups in total. The third kappa shape index (κ3) is 6.78. The number of benzene rings is 1. The van der Waals surface area contributed by atoms with Crippen LogP contribution in [0.1, 0.15) is 5.56 Å². The zero-order valence-corrected chi connectivity index (χ0v) is 12.4. The van der Waals surface area contributed by atoms with Crippen molar-refractivity contribution in [2.24, 2.45) is 0 Å². The third-order valence-corrected chi connectivity index (χ3v) is 3.07. The Hall–Kier alpha value is -0.810. The molecule has 0 saturated heterocycles. The first-order valence-corrected chi connectivity index (χ1v) is 6.90. The molecule has 0 saturated carbocycles. The standard InChI is InChI=1S/C14H22ClNO3/c1-12-11-13(15)3-4-14(12)19-10-9-18-8-6-16(2)5-7-17/h3-4,11,17H,5-10H2,1-2H3/p+1. The maximum absolute atomic E-state index is 8.76. The van der Waals surface area contributed by atoms with E-state index in [1.807, 2.05) is 32.2 Å². The van der Waals surface area contributed by atoms with E-state index < -0.39 is 0 Å². The molecule has 1 aromatic carbocycles. The normalized spacial score (nSPS) is 12.4. The minimum atomic E-state index is 0.213. The fourth-order valence-electron chi connectivity index (χ4n) is 1.65. The van der Waals surface area contributed by atoms with Crippen molar-refractivity contribution < 1.29 is 19.5 Å². The van der Waals surface area contributed by atoms with Crippen LogP contribution in [0.25, 0.3) is 0 Å². The quantitative estimate of drug-likeness (QED) is 0.652. The van der Waals surface area contributed by atoms with Crippen LogP contribution in [-0.2, 0) is 4.74 Å². The molecule has 4 nitrogen and oxygen atoms in total. The SMILES string of the molecule is Cc1cc(Cl)ccc1OCCOCC[NH+](C)CCO. The number of quaternary nitrogens is 1. The second-order valence-corrected chi connectivity index (χ2v) is 4.99. The molecule has 0 fully saturated rings. The highest BCUT2D eigenvalue weighted by Gasteiger charge is 2.02. The van der Waals surface area contributed by atoms with E-state index in [1.165, 1.54) is 4.90 Å². The van der Waals surface area contributed by atoms with Crippen molar-refractivity contribution >= 4 is 11.6 Å². The van der Waals surface area contributed by atoms with Crippen LogP contribution < -0.4 is 9.64 Å². The van der Waals surface area contributed by atoms with Gasteiger partial charge in [-0.25, -0.2) is 0 Å². The summed E-state index contributed by atoms with van der Waals surface area (Å²) in [5.74, 6) is 0.844. The van der Waals surface area contributed by atoms with E-state index in [1.54, 1.807) is 0 Å². The lowest BCUT2D eigenvalue weighted by Crippen LogP contribution is -3.10. The minimum absolute atomic E-state index is 0.213. The molecule has 0 heterocycles. The number of aryl methyl sites for hydroxylation is 1. The van der Waals surface area contributed by atoms with Crippen molar-refractivity contribution in [1.82, 2.24) is 0 Å². The van der Waals surface area contributed by atoms with Gasteiger partial charge in [-0.3, -0.25) is 0 Å². The molecule has 0 aliphatic rings. The van der Waals surface area contributed by atoms with E-state index in [-0.39, 0.29) is 6.61 Å². The lowest BCUT2D eigenvalue weighted by molar-refractivity contribution is -0.880. The highest BCUT2D eigenvalue weighted by molar-refractivity contribution is 6.30. The summed E-state index contributed by atoms with van der Waals surface area (Å²) in [4.78, 5) is 1.26. The molecule has 1 rings (SSSR count). The van der Waals surface area contributed by atoms with Gasteiger partial charge in [0.15, 0.2) is 0 Å². The van der Waals surface area contributed by atoms with Crippen LogP contribution in [0.15, 0.2) is 18.2 Å². The van der Waals surface area contributed by atoms with Gasteiger partial charge in [-0.1, -0.05) is 11.6 Å². The summed E-state index contributed by atoms with van der Waals surface area (Å²) in [6, 6.07) is 5.57. The van der Waals surface area contributed by atoms with Crippen LogP contribution >= 0.6 is 11.6 Å². The van der Waals surface area contributed by atoms with Crippen molar-refractivity contribution in [2.75, 3.05) is 46.6 Å². The second kappa shape index (κ2) is 9.15. The van der Waals surface area contributed by atoms with Gasteiger partial charge in [-0.05, 0) is 30.7 Å². The van der Waals surface area contributed by atoms with Crippen molar-refractivity contribution in [1.29, 1.82) is 0 Å². The number of aliphatic hydroxyl groups is 1. The Bertz CT molecular complexity index is 374. The highest BCUT2D eigenvalue weighted by atomic mass is 35.5. The molecule has 5 heteroatoms. The van der Waals surface area contributed by atoms with Crippen LogP contribution in [0.4, 0.5) is 0 Å². The summed E-state index contributed by atoms with van der Waals surface area (Å²) in [7, 11) is 2.03. The molecule has 0 radical (unpaired) electrons. The summed E-state index contributed by atoms with van der Waals surface area (Å²) >= 11 is 5.87. The number of hydrogen-bond donors (Lipinski definition) is 2. The number of aliphatic hydroxyl groups excluding tert-OH is 1. The molecule has 0 aromatic heterocycles. The lowest BCUT2D eigenvalue weighted by Gasteiger charge is -2.13. The second-order valence-electron chi connectivity index (χ2n) is 4.55. The average molecular weight is 289 g/mol. The zero-order chi connectivity index (χ0) is 14.1. The molecule has 1 unspecified atom stereocenters. The molecule has 19 heavy (non-hydrogen) atoms. The summed E-state index contributed by atoms with van der Waals surface area (Å²) < 4.78 is 11.1. The number of halogens is 1. The van der Waals surface area contributed by atoms with Gasteiger partial charge >= 0.3 is 0 Å². The Morgan fingerprint density at radius 3 is 2.68 bits per heavy atom. The van der Waals surface area contributed by atoms with E-state index in [2.05, 4.69) is 0 Å². The fraction of sp³-hybridized carbons (Fsp3) is 0.571. The maximum atomic E-state index is 8.76. The van der Waals surface area contributed by atoms with Gasteiger partial charge in [0.1, 0.15) is 25.4 Å². The monoisotopic (exact) mass is 288 g/mol. The van der Waals surface area contributed by atoms with Gasteiger partial charge in [0.25, 0.3) is 0 Å². The van der Waals surface area contributed by atoms with Gasteiger partial charge in [0.05, 0.1) is 26.9 Å². The summed E-state index contributed by atoms with van der Waals surface area (Å²) in [6.45, 7) is 5.59. The van der Waals surface area contributed by atoms with Crippen molar-refractivity contribution in [3.8, 4) is 5.75 Å². The molecule has 0 aliphatic heterocycles. The van der Waals surface area contributed by atoms with Gasteiger partial charge in [0.2, 0.25) is 0 Å². The summed E-state index contributed by atoms with van der Waals surface area (Å²) in [6.07, 6.45) is 0. The summed E-state index contributed by atoms with van der Waals surface area (Å²) in [5.41, 5.74) is 1.03. The number of nitrogens with one attached hydrogen (secondary N) is 1. The molecule has 1 atom stereocenters. The molecule has 0 spiro atoms. The zero-order valence-electron chi connectivity index (χ0n) is 11.6. The Labute approximate surface area is 119 Å². The Balaban J connectivity index is 2.11. The number of rotatable bonds is 9. The van der Waals surface area contributed by atoms with Crippen LogP contribution in [0.2, 0.25) is 5.02 Å². The lowest BCUT2D eigenvalue weighted by atomic mass is 10.2. The first-order valence-electron chi connectivity index (χ1n) is 6.52. The van der Waals surface area contributed by atoms with Crippen molar-refractivity contribution in [3.63, 3.8) is 0 Å². The topological polar surface area (TPSA) is 43.1 Å². The molecular weight excluding hydrogens is 266 g/mol. The summed E-state index contributed by atoms with van der Waals surface area (Å²) in [5, 5.41) is 9.48. The van der Waals surface area contributed by atoms with E-state index in [0.717, 1.165) is 29.4 Å². The van der Waals surface area contributed by atoms with Gasteiger partial charge in [-0.15, -0.1) is 0 Å².